The van der Waals surface area contributed by atoms with Crippen LogP contribution in [0.1, 0.15) is 36.3 Å². The van der Waals surface area contributed by atoms with Gasteiger partial charge in [0.05, 0.1) is 17.9 Å². The molecule has 1 aliphatic carbocycles. The maximum absolute atomic E-state index is 13.7. The van der Waals surface area contributed by atoms with E-state index in [9.17, 15) is 18.4 Å². The summed E-state index contributed by atoms with van der Waals surface area (Å²) < 4.78 is 26.7. The van der Waals surface area contributed by atoms with Crippen molar-refractivity contribution < 1.29 is 18.4 Å². The molecule has 2 aliphatic rings. The van der Waals surface area contributed by atoms with E-state index in [-0.39, 0.29) is 30.2 Å². The van der Waals surface area contributed by atoms with Crippen molar-refractivity contribution in [2.45, 2.75) is 44.7 Å². The van der Waals surface area contributed by atoms with Crippen LogP contribution in [0.15, 0.2) is 18.2 Å². The average molecular weight is 436 g/mol. The molecule has 2 heterocycles. The van der Waals surface area contributed by atoms with Gasteiger partial charge < -0.3 is 10.6 Å². The number of carbonyl (C=O) groups is 2. The van der Waals surface area contributed by atoms with Crippen LogP contribution >= 0.6 is 11.3 Å². The van der Waals surface area contributed by atoms with Gasteiger partial charge in [0.25, 0.3) is 0 Å². The SMILES string of the molecule is O=C(CN1CCc2nc(NC(=O)NC3CCCC3)sc2C1)Nc1ccc(F)cc1F. The van der Waals surface area contributed by atoms with Crippen molar-refractivity contribution >= 4 is 34.1 Å². The Morgan fingerprint density at radius 3 is 2.77 bits per heavy atom. The Morgan fingerprint density at radius 1 is 1.20 bits per heavy atom. The van der Waals surface area contributed by atoms with Gasteiger partial charge in [-0.15, -0.1) is 11.3 Å². The van der Waals surface area contributed by atoms with Crippen LogP contribution in [-0.2, 0) is 17.8 Å². The fourth-order valence-corrected chi connectivity index (χ4v) is 4.85. The van der Waals surface area contributed by atoms with Crippen LogP contribution < -0.4 is 16.0 Å². The standard InChI is InChI=1S/C20H23F2N5O2S/c21-12-5-6-15(14(22)9-12)24-18(28)11-27-8-7-16-17(10-27)30-20(25-16)26-19(29)23-13-3-1-2-4-13/h5-6,9,13H,1-4,7-8,10-11H2,(H,24,28)(H2,23,25,26,29). The Balaban J connectivity index is 1.30. The van der Waals surface area contributed by atoms with Crippen LogP contribution in [0.25, 0.3) is 0 Å². The van der Waals surface area contributed by atoms with Gasteiger partial charge in [-0.05, 0) is 25.0 Å². The molecule has 4 rings (SSSR count). The number of rotatable bonds is 5. The van der Waals surface area contributed by atoms with Gasteiger partial charge in [-0.1, -0.05) is 12.8 Å². The molecular formula is C20H23F2N5O2S. The van der Waals surface area contributed by atoms with E-state index < -0.39 is 11.6 Å². The fourth-order valence-electron chi connectivity index (χ4n) is 3.81. The summed E-state index contributed by atoms with van der Waals surface area (Å²) >= 11 is 1.40. The lowest BCUT2D eigenvalue weighted by Gasteiger charge is -2.25. The number of aromatic nitrogens is 1. The second kappa shape index (κ2) is 9.05. The number of halogens is 2. The Kier molecular flexibility index (Phi) is 6.24. The van der Waals surface area contributed by atoms with Crippen LogP contribution in [0.2, 0.25) is 0 Å². The van der Waals surface area contributed by atoms with Gasteiger partial charge in [0.1, 0.15) is 11.6 Å². The predicted molar refractivity (Wildman–Crippen MR) is 110 cm³/mol. The molecule has 0 spiro atoms. The number of benzene rings is 1. The third kappa shape index (κ3) is 5.11. The normalized spacial score (nSPS) is 16.9. The summed E-state index contributed by atoms with van der Waals surface area (Å²) in [6.45, 7) is 1.24. The van der Waals surface area contributed by atoms with E-state index in [4.69, 9.17) is 0 Å². The van der Waals surface area contributed by atoms with Crippen molar-refractivity contribution in [3.63, 3.8) is 0 Å². The van der Waals surface area contributed by atoms with Crippen LogP contribution in [0, 0.1) is 11.6 Å². The predicted octanol–water partition coefficient (Wildman–Crippen LogP) is 3.48. The molecule has 2 aromatic rings. The zero-order valence-electron chi connectivity index (χ0n) is 16.3. The van der Waals surface area contributed by atoms with Crippen LogP contribution in [0.4, 0.5) is 24.4 Å². The van der Waals surface area contributed by atoms with Gasteiger partial charge in [-0.2, -0.15) is 0 Å². The molecule has 1 aromatic heterocycles. The number of nitrogens with one attached hydrogen (secondary N) is 3. The minimum atomic E-state index is -0.807. The van der Waals surface area contributed by atoms with E-state index in [1.165, 1.54) is 17.4 Å². The molecule has 0 radical (unpaired) electrons. The second-order valence-electron chi connectivity index (χ2n) is 7.60. The van der Waals surface area contributed by atoms with Gasteiger partial charge in [-0.3, -0.25) is 15.0 Å². The zero-order valence-corrected chi connectivity index (χ0v) is 17.2. The summed E-state index contributed by atoms with van der Waals surface area (Å²) in [7, 11) is 0. The van der Waals surface area contributed by atoms with E-state index >= 15 is 0 Å². The molecule has 3 amide bonds. The number of nitrogens with zero attached hydrogens (tertiary/aromatic N) is 2. The maximum Gasteiger partial charge on any atom is 0.321 e. The van der Waals surface area contributed by atoms with Gasteiger partial charge in [-0.25, -0.2) is 18.6 Å². The van der Waals surface area contributed by atoms with Crippen LogP contribution in [0.5, 0.6) is 0 Å². The summed E-state index contributed by atoms with van der Waals surface area (Å²) in [5.41, 5.74) is 0.883. The summed E-state index contributed by atoms with van der Waals surface area (Å²) in [4.78, 5) is 31.8. The lowest BCUT2D eigenvalue weighted by atomic mass is 10.2. The summed E-state index contributed by atoms with van der Waals surface area (Å²) in [6, 6.07) is 3.04. The minimum Gasteiger partial charge on any atom is -0.335 e. The maximum atomic E-state index is 13.7. The number of amides is 3. The Hall–Kier alpha value is -2.59. The Labute approximate surface area is 176 Å². The van der Waals surface area contributed by atoms with Crippen molar-refractivity contribution in [2.24, 2.45) is 0 Å². The third-order valence-electron chi connectivity index (χ3n) is 5.29. The molecule has 0 bridgehead atoms. The Morgan fingerprint density at radius 2 is 2.00 bits per heavy atom. The first-order valence-electron chi connectivity index (χ1n) is 9.99. The Bertz CT molecular complexity index is 945. The number of anilines is 2. The lowest BCUT2D eigenvalue weighted by Crippen LogP contribution is -2.36. The molecule has 0 atom stereocenters. The van der Waals surface area contributed by atoms with Gasteiger partial charge in [0.2, 0.25) is 5.91 Å². The highest BCUT2D eigenvalue weighted by atomic mass is 32.1. The smallest absolute Gasteiger partial charge is 0.321 e. The number of carbonyl (C=O) groups excluding carboxylic acids is 2. The highest BCUT2D eigenvalue weighted by molar-refractivity contribution is 7.15. The fraction of sp³-hybridized carbons (Fsp3) is 0.450. The van der Waals surface area contributed by atoms with E-state index in [1.54, 1.807) is 0 Å². The molecule has 3 N–H and O–H groups in total. The first-order chi connectivity index (χ1) is 14.5. The van der Waals surface area contributed by atoms with Crippen molar-refractivity contribution in [2.75, 3.05) is 23.7 Å². The molecule has 1 aromatic carbocycles. The molecular weight excluding hydrogens is 412 g/mol. The monoisotopic (exact) mass is 435 g/mol. The number of hydrogen-bond acceptors (Lipinski definition) is 5. The van der Waals surface area contributed by atoms with Crippen molar-refractivity contribution in [3.05, 3.63) is 40.4 Å². The van der Waals surface area contributed by atoms with Gasteiger partial charge in [0, 0.05) is 36.5 Å². The molecule has 1 aliphatic heterocycles. The summed E-state index contributed by atoms with van der Waals surface area (Å²) in [6.07, 6.45) is 4.98. The number of fused-ring (bicyclic) bond motifs is 1. The topological polar surface area (TPSA) is 86.4 Å². The third-order valence-corrected chi connectivity index (χ3v) is 6.29. The van der Waals surface area contributed by atoms with Crippen molar-refractivity contribution in [1.29, 1.82) is 0 Å². The first kappa shape index (κ1) is 20.7. The summed E-state index contributed by atoms with van der Waals surface area (Å²) in [5.74, 6) is -1.87. The quantitative estimate of drug-likeness (QED) is 0.671. The van der Waals surface area contributed by atoms with Crippen LogP contribution in [0.3, 0.4) is 0 Å². The molecule has 160 valence electrons. The largest absolute Gasteiger partial charge is 0.335 e. The zero-order chi connectivity index (χ0) is 21.1. The van der Waals surface area contributed by atoms with E-state index in [1.807, 2.05) is 4.90 Å². The number of hydrogen-bond donors (Lipinski definition) is 3. The lowest BCUT2D eigenvalue weighted by molar-refractivity contribution is -0.117. The number of urea groups is 1. The van der Waals surface area contributed by atoms with E-state index in [2.05, 4.69) is 20.9 Å². The molecule has 1 saturated carbocycles. The molecule has 10 heteroatoms. The summed E-state index contributed by atoms with van der Waals surface area (Å²) in [5, 5.41) is 8.81. The van der Waals surface area contributed by atoms with Gasteiger partial charge in [0.15, 0.2) is 5.13 Å². The highest BCUT2D eigenvalue weighted by Gasteiger charge is 2.24. The molecule has 0 unspecified atom stereocenters. The minimum absolute atomic E-state index is 0.0448. The average Bonchev–Trinajstić information content (AvgIpc) is 3.32. The molecule has 0 saturated heterocycles. The molecule has 1 fully saturated rings. The van der Waals surface area contributed by atoms with Crippen LogP contribution in [-0.4, -0.2) is 41.0 Å². The van der Waals surface area contributed by atoms with Crippen molar-refractivity contribution in [3.8, 4) is 0 Å². The molecule has 7 nitrogen and oxygen atoms in total. The van der Waals surface area contributed by atoms with E-state index in [0.29, 0.717) is 24.6 Å². The second-order valence-corrected chi connectivity index (χ2v) is 8.69. The first-order valence-corrected chi connectivity index (χ1v) is 10.8. The van der Waals surface area contributed by atoms with Gasteiger partial charge >= 0.3 is 6.03 Å². The van der Waals surface area contributed by atoms with Crippen molar-refractivity contribution in [1.82, 2.24) is 15.2 Å². The van der Waals surface area contributed by atoms with E-state index in [0.717, 1.165) is 48.4 Å². The molecule has 30 heavy (non-hydrogen) atoms. The highest BCUT2D eigenvalue weighted by Crippen LogP contribution is 2.28. The number of thiazole rings is 1.